The fourth-order valence-electron chi connectivity index (χ4n) is 5.77. The minimum atomic E-state index is 0.323. The van der Waals surface area contributed by atoms with Crippen LogP contribution < -0.4 is 0 Å². The number of morpholine rings is 1. The number of hydrogen-bond donors (Lipinski definition) is 0. The zero-order valence-corrected chi connectivity index (χ0v) is 15.9. The topological polar surface area (TPSA) is 32.8 Å². The van der Waals surface area contributed by atoms with E-state index in [4.69, 9.17) is 4.74 Å². The summed E-state index contributed by atoms with van der Waals surface area (Å²) in [5, 5.41) is 0. The Balaban J connectivity index is 1.22. The van der Waals surface area contributed by atoms with E-state index in [0.717, 1.165) is 57.1 Å². The van der Waals surface area contributed by atoms with Crippen molar-refractivity contribution < 1.29 is 9.53 Å². The van der Waals surface area contributed by atoms with Crippen LogP contribution in [0.3, 0.4) is 0 Å². The summed E-state index contributed by atoms with van der Waals surface area (Å²) < 4.78 is 5.84. The van der Waals surface area contributed by atoms with Gasteiger partial charge in [0.25, 0.3) is 0 Å². The minimum Gasteiger partial charge on any atom is -0.379 e. The van der Waals surface area contributed by atoms with Crippen LogP contribution in [0.5, 0.6) is 0 Å². The van der Waals surface area contributed by atoms with Crippen molar-refractivity contribution in [3.8, 4) is 0 Å². The molecule has 1 amide bonds. The van der Waals surface area contributed by atoms with Crippen molar-refractivity contribution in [3.05, 3.63) is 0 Å². The zero-order chi connectivity index (χ0) is 16.6. The number of rotatable bonds is 6. The molecule has 0 spiro atoms. The maximum absolute atomic E-state index is 12.6. The molecule has 136 valence electrons. The first-order valence-electron chi connectivity index (χ1n) is 9.80. The third kappa shape index (κ3) is 3.78. The average molecular weight is 353 g/mol. The second-order valence-corrected chi connectivity index (χ2v) is 10.1. The van der Waals surface area contributed by atoms with E-state index in [9.17, 15) is 4.79 Å². The molecular formula is C19H32N2O2S. The zero-order valence-electron chi connectivity index (χ0n) is 15.0. The quantitative estimate of drug-likeness (QED) is 0.735. The predicted octanol–water partition coefficient (Wildman–Crippen LogP) is 2.48. The molecular weight excluding hydrogens is 320 g/mol. The van der Waals surface area contributed by atoms with Gasteiger partial charge in [0, 0.05) is 38.0 Å². The van der Waals surface area contributed by atoms with Gasteiger partial charge in [-0.3, -0.25) is 9.69 Å². The number of carbonyl (C=O) groups excluding carboxylic acids is 1. The van der Waals surface area contributed by atoms with Gasteiger partial charge in [0.15, 0.2) is 0 Å². The van der Waals surface area contributed by atoms with E-state index < -0.39 is 0 Å². The van der Waals surface area contributed by atoms with E-state index in [-0.39, 0.29) is 0 Å². The molecule has 4 nitrogen and oxygen atoms in total. The van der Waals surface area contributed by atoms with Gasteiger partial charge in [-0.1, -0.05) is 0 Å². The van der Waals surface area contributed by atoms with Gasteiger partial charge in [0.05, 0.1) is 19.0 Å². The number of ether oxygens (including phenoxy) is 1. The van der Waals surface area contributed by atoms with Crippen LogP contribution in [0, 0.1) is 17.8 Å². The summed E-state index contributed by atoms with van der Waals surface area (Å²) in [5.74, 6) is 3.92. The largest absolute Gasteiger partial charge is 0.379 e. The van der Waals surface area contributed by atoms with E-state index in [0.29, 0.717) is 16.4 Å². The second-order valence-electron chi connectivity index (χ2n) is 8.66. The Hall–Kier alpha value is -0.260. The van der Waals surface area contributed by atoms with E-state index in [1.165, 1.54) is 38.5 Å². The van der Waals surface area contributed by atoms with Crippen LogP contribution in [0.15, 0.2) is 0 Å². The molecule has 24 heavy (non-hydrogen) atoms. The van der Waals surface area contributed by atoms with Crippen molar-refractivity contribution in [1.29, 1.82) is 0 Å². The molecule has 0 aromatic carbocycles. The molecule has 0 unspecified atom stereocenters. The van der Waals surface area contributed by atoms with Crippen LogP contribution >= 0.6 is 11.8 Å². The van der Waals surface area contributed by atoms with Gasteiger partial charge >= 0.3 is 0 Å². The van der Waals surface area contributed by atoms with Crippen molar-refractivity contribution in [2.75, 3.05) is 52.2 Å². The molecule has 4 aliphatic carbocycles. The molecule has 5 rings (SSSR count). The fraction of sp³-hybridized carbons (Fsp3) is 0.947. The van der Waals surface area contributed by atoms with Crippen molar-refractivity contribution in [2.45, 2.75) is 43.3 Å². The lowest BCUT2D eigenvalue weighted by Gasteiger charge is -2.56. The van der Waals surface area contributed by atoms with Crippen molar-refractivity contribution in [2.24, 2.45) is 17.8 Å². The highest BCUT2D eigenvalue weighted by molar-refractivity contribution is 8.01. The number of likely N-dealkylation sites (N-methyl/N-ethyl adjacent to an activating group) is 1. The van der Waals surface area contributed by atoms with Gasteiger partial charge in [-0.25, -0.2) is 0 Å². The number of carbonyl (C=O) groups is 1. The fourth-order valence-corrected chi connectivity index (χ4v) is 7.48. The molecule has 0 atom stereocenters. The van der Waals surface area contributed by atoms with Gasteiger partial charge in [-0.15, -0.1) is 11.8 Å². The second kappa shape index (κ2) is 7.16. The standard InChI is InChI=1S/C19H32N2O2S/c1-20(2-3-21-4-6-23-7-5-21)18(22)14-24-19-11-15-8-16(12-19)10-17(9-15)13-19/h15-17H,2-14H2,1H3. The highest BCUT2D eigenvalue weighted by Crippen LogP contribution is 2.60. The first-order chi connectivity index (χ1) is 11.6. The van der Waals surface area contributed by atoms with Crippen LogP contribution in [-0.2, 0) is 9.53 Å². The maximum atomic E-state index is 12.6. The highest BCUT2D eigenvalue weighted by atomic mass is 32.2. The van der Waals surface area contributed by atoms with Gasteiger partial charge in [-0.2, -0.15) is 0 Å². The molecule has 5 fully saturated rings. The van der Waals surface area contributed by atoms with E-state index in [1.807, 2.05) is 23.7 Å². The lowest BCUT2D eigenvalue weighted by Crippen LogP contribution is -2.49. The Labute approximate surface area is 150 Å². The van der Waals surface area contributed by atoms with Crippen molar-refractivity contribution in [1.82, 2.24) is 9.80 Å². The lowest BCUT2D eigenvalue weighted by atomic mass is 9.56. The smallest absolute Gasteiger partial charge is 0.232 e. The van der Waals surface area contributed by atoms with Crippen LogP contribution in [0.1, 0.15) is 38.5 Å². The Morgan fingerprint density at radius 3 is 2.29 bits per heavy atom. The Morgan fingerprint density at radius 1 is 1.12 bits per heavy atom. The number of hydrogen-bond acceptors (Lipinski definition) is 4. The minimum absolute atomic E-state index is 0.323. The number of nitrogens with zero attached hydrogens (tertiary/aromatic N) is 2. The van der Waals surface area contributed by atoms with Gasteiger partial charge in [0.2, 0.25) is 5.91 Å². The molecule has 1 aliphatic heterocycles. The Morgan fingerprint density at radius 2 is 1.71 bits per heavy atom. The summed E-state index contributed by atoms with van der Waals surface area (Å²) in [6.07, 6.45) is 8.59. The van der Waals surface area contributed by atoms with Crippen LogP contribution in [0.2, 0.25) is 0 Å². The van der Waals surface area contributed by atoms with E-state index in [1.54, 1.807) is 0 Å². The molecule has 0 aromatic heterocycles. The molecule has 0 radical (unpaired) electrons. The predicted molar refractivity (Wildman–Crippen MR) is 98.3 cm³/mol. The molecule has 0 aromatic rings. The summed E-state index contributed by atoms with van der Waals surface area (Å²) in [6.45, 7) is 5.50. The van der Waals surface area contributed by atoms with Crippen molar-refractivity contribution in [3.63, 3.8) is 0 Å². The highest BCUT2D eigenvalue weighted by Gasteiger charge is 2.51. The summed E-state index contributed by atoms with van der Waals surface area (Å²) in [5.41, 5.74) is 0. The molecule has 5 heteroatoms. The molecule has 4 bridgehead atoms. The molecule has 5 aliphatic rings. The number of thioether (sulfide) groups is 1. The molecule has 1 saturated heterocycles. The Kier molecular flexibility index (Phi) is 5.12. The first kappa shape index (κ1) is 17.2. The molecule has 0 N–H and O–H groups in total. The SMILES string of the molecule is CN(CCN1CCOCC1)C(=O)CSC12CC3CC(CC(C3)C1)C2. The first-order valence-corrected chi connectivity index (χ1v) is 10.8. The molecule has 4 saturated carbocycles. The average Bonchev–Trinajstić information content (AvgIpc) is 2.57. The van der Waals surface area contributed by atoms with Crippen LogP contribution in [-0.4, -0.2) is 72.6 Å². The third-order valence-electron chi connectivity index (χ3n) is 6.76. The normalized spacial score (nSPS) is 38.5. The van der Waals surface area contributed by atoms with Crippen molar-refractivity contribution >= 4 is 17.7 Å². The van der Waals surface area contributed by atoms with Crippen LogP contribution in [0.25, 0.3) is 0 Å². The summed E-state index contributed by atoms with van der Waals surface area (Å²) in [7, 11) is 1.98. The summed E-state index contributed by atoms with van der Waals surface area (Å²) in [4.78, 5) is 16.9. The molecule has 1 heterocycles. The Bertz CT molecular complexity index is 429. The van der Waals surface area contributed by atoms with E-state index in [2.05, 4.69) is 4.90 Å². The van der Waals surface area contributed by atoms with Gasteiger partial charge in [0.1, 0.15) is 0 Å². The maximum Gasteiger partial charge on any atom is 0.232 e. The van der Waals surface area contributed by atoms with E-state index >= 15 is 0 Å². The third-order valence-corrected chi connectivity index (χ3v) is 8.27. The summed E-state index contributed by atoms with van der Waals surface area (Å²) >= 11 is 2.01. The van der Waals surface area contributed by atoms with Gasteiger partial charge in [-0.05, 0) is 56.3 Å². The lowest BCUT2D eigenvalue weighted by molar-refractivity contribution is -0.127. The monoisotopic (exact) mass is 352 g/mol. The number of amides is 1. The van der Waals surface area contributed by atoms with Crippen LogP contribution in [0.4, 0.5) is 0 Å². The summed E-state index contributed by atoms with van der Waals surface area (Å²) in [6, 6.07) is 0. The van der Waals surface area contributed by atoms with Gasteiger partial charge < -0.3 is 9.64 Å².